The van der Waals surface area contributed by atoms with E-state index in [1.807, 2.05) is 36.4 Å². The van der Waals surface area contributed by atoms with Crippen molar-refractivity contribution in [1.29, 1.82) is 0 Å². The third-order valence-corrected chi connectivity index (χ3v) is 4.78. The molecule has 0 atom stereocenters. The predicted octanol–water partition coefficient (Wildman–Crippen LogP) is 3.37. The number of rotatable bonds is 7. The normalized spacial score (nSPS) is 10.9. The molecular formula is C23H21N3O5. The Hall–Kier alpha value is -3.94. The molecule has 0 bridgehead atoms. The second-order valence-corrected chi connectivity index (χ2v) is 6.98. The largest absolute Gasteiger partial charge is 0.497 e. The smallest absolute Gasteiger partial charge is 0.306 e. The summed E-state index contributed by atoms with van der Waals surface area (Å²) in [6.07, 6.45) is 0.185. The molecule has 0 radical (unpaired) electrons. The highest BCUT2D eigenvalue weighted by molar-refractivity contribution is 5.77. The zero-order valence-corrected chi connectivity index (χ0v) is 17.2. The molecule has 0 unspecified atom stereocenters. The molecule has 8 nitrogen and oxygen atoms in total. The molecule has 2 aromatic heterocycles. The summed E-state index contributed by atoms with van der Waals surface area (Å²) in [7, 11) is 1.59. The summed E-state index contributed by atoms with van der Waals surface area (Å²) < 4.78 is 17.0. The van der Waals surface area contributed by atoms with Crippen molar-refractivity contribution in [1.82, 2.24) is 14.7 Å². The number of hydrogen-bond donors (Lipinski definition) is 0. The quantitative estimate of drug-likeness (QED) is 0.424. The molecule has 0 spiro atoms. The van der Waals surface area contributed by atoms with Gasteiger partial charge in [-0.15, -0.1) is 0 Å². The van der Waals surface area contributed by atoms with Gasteiger partial charge in [0, 0.05) is 18.2 Å². The molecule has 2 aromatic carbocycles. The van der Waals surface area contributed by atoms with Crippen LogP contribution in [0.15, 0.2) is 63.9 Å². The minimum atomic E-state index is -0.445. The molecule has 0 saturated heterocycles. The Balaban J connectivity index is 1.58. The topological polar surface area (TPSA) is 96.5 Å². The van der Waals surface area contributed by atoms with Crippen molar-refractivity contribution in [2.75, 3.05) is 7.11 Å². The van der Waals surface area contributed by atoms with Crippen LogP contribution in [0.3, 0.4) is 0 Å². The van der Waals surface area contributed by atoms with E-state index in [2.05, 4.69) is 10.1 Å². The fourth-order valence-electron chi connectivity index (χ4n) is 3.26. The van der Waals surface area contributed by atoms with Crippen molar-refractivity contribution < 1.29 is 18.8 Å². The first-order valence-corrected chi connectivity index (χ1v) is 9.78. The number of para-hydroxylation sites is 2. The third kappa shape index (κ3) is 4.48. The Bertz CT molecular complexity index is 1270. The van der Waals surface area contributed by atoms with Crippen LogP contribution in [0.25, 0.3) is 16.7 Å². The third-order valence-electron chi connectivity index (χ3n) is 4.78. The van der Waals surface area contributed by atoms with Crippen LogP contribution in [0, 0.1) is 6.92 Å². The number of aromatic nitrogens is 3. The van der Waals surface area contributed by atoms with Crippen molar-refractivity contribution in [3.05, 3.63) is 82.1 Å². The maximum Gasteiger partial charge on any atom is 0.306 e. The Kier molecular flexibility index (Phi) is 5.79. The molecule has 158 valence electrons. The molecule has 0 amide bonds. The summed E-state index contributed by atoms with van der Waals surface area (Å²) in [5.74, 6) is 0.719. The SMILES string of the molecule is COc1ccc(-n2c(=O)c(CCC(=O)OCc3cc(C)no3)nc3ccccc32)cc1. The van der Waals surface area contributed by atoms with Gasteiger partial charge in [-0.25, -0.2) is 4.98 Å². The summed E-state index contributed by atoms with van der Waals surface area (Å²) in [6.45, 7) is 1.79. The lowest BCUT2D eigenvalue weighted by molar-refractivity contribution is -0.145. The lowest BCUT2D eigenvalue weighted by atomic mass is 10.2. The highest BCUT2D eigenvalue weighted by atomic mass is 16.5. The second kappa shape index (κ2) is 8.83. The number of carbonyl (C=O) groups is 1. The highest BCUT2D eigenvalue weighted by Gasteiger charge is 2.15. The zero-order chi connectivity index (χ0) is 21.8. The van der Waals surface area contributed by atoms with E-state index in [1.54, 1.807) is 36.8 Å². The number of fused-ring (bicyclic) bond motifs is 1. The molecule has 2 heterocycles. The maximum absolute atomic E-state index is 13.2. The van der Waals surface area contributed by atoms with Gasteiger partial charge >= 0.3 is 5.97 Å². The number of nitrogens with zero attached hydrogens (tertiary/aromatic N) is 3. The molecule has 0 N–H and O–H groups in total. The fourth-order valence-corrected chi connectivity index (χ4v) is 3.26. The fraction of sp³-hybridized carbons (Fsp3) is 0.217. The monoisotopic (exact) mass is 419 g/mol. The molecule has 8 heteroatoms. The van der Waals surface area contributed by atoms with E-state index >= 15 is 0 Å². The van der Waals surface area contributed by atoms with Crippen molar-refractivity contribution in [3.63, 3.8) is 0 Å². The first kappa shape index (κ1) is 20.3. The number of benzene rings is 2. The molecular weight excluding hydrogens is 398 g/mol. The highest BCUT2D eigenvalue weighted by Crippen LogP contribution is 2.19. The summed E-state index contributed by atoms with van der Waals surface area (Å²) in [5.41, 5.74) is 2.77. The lowest BCUT2D eigenvalue weighted by Crippen LogP contribution is -2.25. The van der Waals surface area contributed by atoms with E-state index in [-0.39, 0.29) is 25.0 Å². The average molecular weight is 419 g/mol. The predicted molar refractivity (Wildman–Crippen MR) is 113 cm³/mol. The summed E-state index contributed by atoms with van der Waals surface area (Å²) >= 11 is 0. The number of methoxy groups -OCH3 is 1. The van der Waals surface area contributed by atoms with E-state index in [0.29, 0.717) is 39.6 Å². The van der Waals surface area contributed by atoms with Gasteiger partial charge in [-0.05, 0) is 43.3 Å². The van der Waals surface area contributed by atoms with E-state index in [4.69, 9.17) is 14.0 Å². The first-order valence-electron chi connectivity index (χ1n) is 9.78. The molecule has 4 aromatic rings. The van der Waals surface area contributed by atoms with Gasteiger partial charge in [-0.2, -0.15) is 0 Å². The van der Waals surface area contributed by atoms with E-state index < -0.39 is 5.97 Å². The minimum Gasteiger partial charge on any atom is -0.497 e. The van der Waals surface area contributed by atoms with Gasteiger partial charge in [0.25, 0.3) is 5.56 Å². The Morgan fingerprint density at radius 2 is 1.90 bits per heavy atom. The van der Waals surface area contributed by atoms with Crippen LogP contribution in [0.2, 0.25) is 0 Å². The van der Waals surface area contributed by atoms with Crippen LogP contribution in [0.1, 0.15) is 23.6 Å². The average Bonchev–Trinajstić information content (AvgIpc) is 3.21. The number of hydrogen-bond acceptors (Lipinski definition) is 7. The Labute approximate surface area is 178 Å². The second-order valence-electron chi connectivity index (χ2n) is 6.98. The van der Waals surface area contributed by atoms with Crippen LogP contribution in [0.5, 0.6) is 5.75 Å². The Morgan fingerprint density at radius 1 is 1.13 bits per heavy atom. The molecule has 0 aliphatic heterocycles. The standard InChI is InChI=1S/C23H21N3O5/c1-15-13-18(31-25-15)14-30-22(27)12-11-20-23(28)26(16-7-9-17(29-2)10-8-16)21-6-4-3-5-19(21)24-20/h3-10,13H,11-12,14H2,1-2H3. The van der Waals surface area contributed by atoms with E-state index in [0.717, 1.165) is 0 Å². The first-order chi connectivity index (χ1) is 15.0. The van der Waals surface area contributed by atoms with Crippen molar-refractivity contribution in [2.24, 2.45) is 0 Å². The molecule has 31 heavy (non-hydrogen) atoms. The summed E-state index contributed by atoms with van der Waals surface area (Å²) in [5, 5.41) is 3.75. The van der Waals surface area contributed by atoms with Crippen LogP contribution in [0.4, 0.5) is 0 Å². The number of ether oxygens (including phenoxy) is 2. The van der Waals surface area contributed by atoms with Gasteiger partial charge in [0.15, 0.2) is 12.4 Å². The maximum atomic E-state index is 13.2. The Morgan fingerprint density at radius 3 is 2.61 bits per heavy atom. The number of aryl methyl sites for hydroxylation is 2. The van der Waals surface area contributed by atoms with Crippen molar-refractivity contribution in [3.8, 4) is 11.4 Å². The van der Waals surface area contributed by atoms with Gasteiger partial charge in [-0.3, -0.25) is 14.2 Å². The summed E-state index contributed by atoms with van der Waals surface area (Å²) in [4.78, 5) is 29.9. The van der Waals surface area contributed by atoms with E-state index in [1.165, 1.54) is 0 Å². The van der Waals surface area contributed by atoms with Gasteiger partial charge < -0.3 is 14.0 Å². The molecule has 0 aliphatic rings. The van der Waals surface area contributed by atoms with Gasteiger partial charge in [0.05, 0.1) is 30.3 Å². The number of carbonyl (C=O) groups excluding carboxylic acids is 1. The van der Waals surface area contributed by atoms with Crippen molar-refractivity contribution >= 4 is 17.0 Å². The van der Waals surface area contributed by atoms with Crippen LogP contribution in [-0.2, 0) is 22.6 Å². The summed E-state index contributed by atoms with van der Waals surface area (Å²) in [6, 6.07) is 16.3. The lowest BCUT2D eigenvalue weighted by Gasteiger charge is -2.13. The molecule has 4 rings (SSSR count). The van der Waals surface area contributed by atoms with Crippen LogP contribution in [-0.4, -0.2) is 27.8 Å². The zero-order valence-electron chi connectivity index (χ0n) is 17.2. The number of esters is 1. The molecule has 0 fully saturated rings. The van der Waals surface area contributed by atoms with E-state index in [9.17, 15) is 9.59 Å². The minimum absolute atomic E-state index is 0.000895. The molecule has 0 aliphatic carbocycles. The molecule has 0 saturated carbocycles. The van der Waals surface area contributed by atoms with Gasteiger partial charge in [0.1, 0.15) is 11.4 Å². The van der Waals surface area contributed by atoms with Gasteiger partial charge in [0.2, 0.25) is 0 Å². The van der Waals surface area contributed by atoms with Crippen LogP contribution < -0.4 is 10.3 Å². The van der Waals surface area contributed by atoms with Crippen molar-refractivity contribution in [2.45, 2.75) is 26.4 Å². The van der Waals surface area contributed by atoms with Gasteiger partial charge in [-0.1, -0.05) is 17.3 Å². The van der Waals surface area contributed by atoms with Crippen LogP contribution >= 0.6 is 0 Å².